The number of aromatic nitrogens is 3. The quantitative estimate of drug-likeness (QED) is 0.653. The highest BCUT2D eigenvalue weighted by Crippen LogP contribution is 2.33. The monoisotopic (exact) mass is 365 g/mol. The molecule has 1 heterocycles. The first kappa shape index (κ1) is 18.3. The molecule has 0 aliphatic rings. The topological polar surface area (TPSA) is 66.2 Å². The van der Waals surface area contributed by atoms with E-state index in [0.29, 0.717) is 17.1 Å². The number of hydroxylamine groups is 2. The number of hydrogen-bond acceptors (Lipinski definition) is 5. The molecule has 0 atom stereocenters. The van der Waals surface area contributed by atoms with Gasteiger partial charge in [0.05, 0.1) is 5.70 Å². The molecule has 2 N–H and O–H groups in total. The van der Waals surface area contributed by atoms with Crippen molar-refractivity contribution >= 4 is 5.70 Å². The second-order valence-corrected chi connectivity index (χ2v) is 5.96. The third-order valence-corrected chi connectivity index (χ3v) is 4.09. The molecule has 0 radical (unpaired) electrons. The van der Waals surface area contributed by atoms with Crippen LogP contribution < -0.4 is 5.32 Å². The lowest BCUT2D eigenvalue weighted by atomic mass is 9.96. The number of aryl methyl sites for hydroxylation is 1. The average molecular weight is 365 g/mol. The van der Waals surface area contributed by atoms with Crippen LogP contribution in [0.4, 0.5) is 4.39 Å². The second-order valence-electron chi connectivity index (χ2n) is 5.96. The fourth-order valence-corrected chi connectivity index (χ4v) is 2.83. The van der Waals surface area contributed by atoms with Crippen molar-refractivity contribution in [3.63, 3.8) is 0 Å². The molecule has 0 bridgehead atoms. The first-order valence-corrected chi connectivity index (χ1v) is 8.25. The van der Waals surface area contributed by atoms with Gasteiger partial charge in [0.25, 0.3) is 0 Å². The molecule has 0 amide bonds. The molecule has 1 aromatic heterocycles. The van der Waals surface area contributed by atoms with Gasteiger partial charge in [-0.25, -0.2) is 4.39 Å². The maximum absolute atomic E-state index is 13.9. The summed E-state index contributed by atoms with van der Waals surface area (Å²) < 4.78 is 15.7. The van der Waals surface area contributed by atoms with Crippen LogP contribution in [-0.4, -0.2) is 32.1 Å². The average Bonchev–Trinajstić information content (AvgIpc) is 3.08. The van der Waals surface area contributed by atoms with Crippen molar-refractivity contribution in [3.8, 4) is 22.5 Å². The summed E-state index contributed by atoms with van der Waals surface area (Å²) in [4.78, 5) is 0. The highest BCUT2D eigenvalue weighted by atomic mass is 19.1. The van der Waals surface area contributed by atoms with E-state index in [1.165, 1.54) is 25.4 Å². The lowest BCUT2D eigenvalue weighted by Gasteiger charge is -2.17. The van der Waals surface area contributed by atoms with E-state index in [-0.39, 0.29) is 5.82 Å². The van der Waals surface area contributed by atoms with Gasteiger partial charge in [-0.3, -0.25) is 10.3 Å². The molecule has 0 saturated carbocycles. The van der Waals surface area contributed by atoms with Gasteiger partial charge in [0.15, 0.2) is 5.82 Å². The maximum Gasteiger partial charge on any atom is 0.164 e. The van der Waals surface area contributed by atoms with E-state index in [9.17, 15) is 9.60 Å². The molecule has 6 nitrogen and oxygen atoms in total. The predicted octanol–water partition coefficient (Wildman–Crippen LogP) is 3.64. The fourth-order valence-electron chi connectivity index (χ4n) is 2.83. The van der Waals surface area contributed by atoms with Crippen LogP contribution in [0.15, 0.2) is 67.8 Å². The summed E-state index contributed by atoms with van der Waals surface area (Å²) in [5.41, 5.74) is 3.64. The largest absolute Gasteiger partial charge is 0.366 e. The Hall–Kier alpha value is -3.45. The number of hydrogen-bond donors (Lipinski definition) is 2. The van der Waals surface area contributed by atoms with Gasteiger partial charge in [-0.1, -0.05) is 30.8 Å². The third kappa shape index (κ3) is 3.88. The molecule has 0 fully saturated rings. The minimum Gasteiger partial charge on any atom is -0.366 e. The van der Waals surface area contributed by atoms with Crippen LogP contribution in [0.1, 0.15) is 5.56 Å². The van der Waals surface area contributed by atoms with Gasteiger partial charge >= 0.3 is 0 Å². The van der Waals surface area contributed by atoms with Crippen LogP contribution in [0, 0.1) is 5.82 Å². The lowest BCUT2D eigenvalue weighted by Crippen LogP contribution is -2.13. The van der Waals surface area contributed by atoms with E-state index >= 15 is 0 Å². The van der Waals surface area contributed by atoms with Gasteiger partial charge in [-0.05, 0) is 35.5 Å². The maximum atomic E-state index is 13.9. The standard InChI is InChI=1S/C20H20FN5O/c1-4-22-12-19(26(3)27)15-7-5-6-14(10-15)17-9-8-16(21)11-18(17)20-24-23-13-25(20)2/h4-13,22,27H,1H2,2-3H3/b19-12-. The summed E-state index contributed by atoms with van der Waals surface area (Å²) in [6.07, 6.45) is 4.73. The Labute approximate surface area is 156 Å². The van der Waals surface area contributed by atoms with Gasteiger partial charge in [-0.15, -0.1) is 10.2 Å². The van der Waals surface area contributed by atoms with Gasteiger partial charge in [0.1, 0.15) is 12.1 Å². The Morgan fingerprint density at radius 3 is 2.74 bits per heavy atom. The fraction of sp³-hybridized carbons (Fsp3) is 0.100. The summed E-state index contributed by atoms with van der Waals surface area (Å²) in [6, 6.07) is 12.2. The zero-order valence-electron chi connectivity index (χ0n) is 15.1. The molecule has 0 aliphatic heterocycles. The Morgan fingerprint density at radius 1 is 1.26 bits per heavy atom. The van der Waals surface area contributed by atoms with Crippen LogP contribution in [0.2, 0.25) is 0 Å². The van der Waals surface area contributed by atoms with E-state index in [1.54, 1.807) is 23.2 Å². The molecule has 3 aromatic rings. The molecular weight excluding hydrogens is 345 g/mol. The smallest absolute Gasteiger partial charge is 0.164 e. The van der Waals surface area contributed by atoms with Gasteiger partial charge in [0, 0.05) is 31.4 Å². The van der Waals surface area contributed by atoms with Crippen LogP contribution in [0.25, 0.3) is 28.2 Å². The molecule has 0 unspecified atom stereocenters. The molecule has 138 valence electrons. The second kappa shape index (κ2) is 7.84. The molecule has 27 heavy (non-hydrogen) atoms. The third-order valence-electron chi connectivity index (χ3n) is 4.09. The molecule has 0 saturated heterocycles. The van der Waals surface area contributed by atoms with Gasteiger partial charge in [0.2, 0.25) is 0 Å². The van der Waals surface area contributed by atoms with Crippen LogP contribution in [0.3, 0.4) is 0 Å². The van der Waals surface area contributed by atoms with E-state index < -0.39 is 0 Å². The van der Waals surface area contributed by atoms with Crippen LogP contribution >= 0.6 is 0 Å². The van der Waals surface area contributed by atoms with Crippen molar-refractivity contribution in [1.82, 2.24) is 25.1 Å². The van der Waals surface area contributed by atoms with Crippen LogP contribution in [0.5, 0.6) is 0 Å². The lowest BCUT2D eigenvalue weighted by molar-refractivity contribution is 0.000466. The van der Waals surface area contributed by atoms with Crippen molar-refractivity contribution in [2.24, 2.45) is 7.05 Å². The summed E-state index contributed by atoms with van der Waals surface area (Å²) in [6.45, 7) is 3.60. The van der Waals surface area contributed by atoms with Crippen molar-refractivity contribution in [2.75, 3.05) is 7.05 Å². The Kier molecular flexibility index (Phi) is 5.33. The molecule has 0 spiro atoms. The summed E-state index contributed by atoms with van der Waals surface area (Å²) >= 11 is 0. The van der Waals surface area contributed by atoms with Crippen molar-refractivity contribution in [1.29, 1.82) is 0 Å². The SMILES string of the molecule is C=CN/C=C(/c1cccc(-c2ccc(F)cc2-c2nncn2C)c1)N(C)O. The van der Waals surface area contributed by atoms with Gasteiger partial charge in [-0.2, -0.15) is 0 Å². The Balaban J connectivity index is 2.14. The normalized spacial score (nSPS) is 11.3. The number of nitrogens with one attached hydrogen (secondary N) is 1. The first-order valence-electron chi connectivity index (χ1n) is 8.25. The van der Waals surface area contributed by atoms with E-state index in [2.05, 4.69) is 22.1 Å². The summed E-state index contributed by atoms with van der Waals surface area (Å²) in [5.74, 6) is 0.219. The Morgan fingerprint density at radius 2 is 2.07 bits per heavy atom. The summed E-state index contributed by atoms with van der Waals surface area (Å²) in [5, 5.41) is 21.8. The van der Waals surface area contributed by atoms with Crippen molar-refractivity contribution in [3.05, 3.63) is 79.2 Å². The molecular formula is C20H20FN5O. The number of nitrogens with zero attached hydrogens (tertiary/aromatic N) is 4. The predicted molar refractivity (Wildman–Crippen MR) is 103 cm³/mol. The van der Waals surface area contributed by atoms with Crippen LogP contribution in [-0.2, 0) is 7.05 Å². The molecule has 7 heteroatoms. The van der Waals surface area contributed by atoms with Crippen molar-refractivity contribution in [2.45, 2.75) is 0 Å². The molecule has 2 aromatic carbocycles. The van der Waals surface area contributed by atoms with E-state index in [0.717, 1.165) is 21.8 Å². The van der Waals surface area contributed by atoms with E-state index in [1.807, 2.05) is 31.3 Å². The molecule has 3 rings (SSSR count). The molecule has 0 aliphatic carbocycles. The minimum atomic E-state index is -0.348. The highest BCUT2D eigenvalue weighted by Gasteiger charge is 2.15. The first-order chi connectivity index (χ1) is 13.0. The number of halogens is 1. The number of benzene rings is 2. The Bertz CT molecular complexity index is 994. The zero-order valence-corrected chi connectivity index (χ0v) is 15.1. The van der Waals surface area contributed by atoms with Crippen molar-refractivity contribution < 1.29 is 9.60 Å². The zero-order chi connectivity index (χ0) is 19.4. The number of rotatable bonds is 6. The van der Waals surface area contributed by atoms with Gasteiger partial charge < -0.3 is 9.88 Å². The highest BCUT2D eigenvalue weighted by molar-refractivity contribution is 5.82. The van der Waals surface area contributed by atoms with E-state index in [4.69, 9.17) is 0 Å². The summed E-state index contributed by atoms with van der Waals surface area (Å²) in [7, 11) is 3.34. The minimum absolute atomic E-state index is 0.348.